The standard InChI is InChI=1S/C27H23ClN4O3/c1-16-25(27(35-32-16)18-5-3-2-4-6-18)19-11-20-12-21(34-26(20)22(28)13-19)15-31-24(33)10-8-17-7-9-23(29)30-14-17/h2-11,13-14,21H,12,15H2,1H3,(H2,29,30)(H,31,33)/b10-8+. The number of halogens is 1. The summed E-state index contributed by atoms with van der Waals surface area (Å²) in [4.78, 5) is 16.3. The highest BCUT2D eigenvalue weighted by Crippen LogP contribution is 2.42. The molecule has 0 bridgehead atoms. The van der Waals surface area contributed by atoms with E-state index in [-0.39, 0.29) is 12.0 Å². The van der Waals surface area contributed by atoms with Crippen LogP contribution in [0.5, 0.6) is 5.75 Å². The number of carbonyl (C=O) groups excluding carboxylic acids is 1. The molecule has 1 atom stereocenters. The van der Waals surface area contributed by atoms with Crippen LogP contribution in [0, 0.1) is 6.92 Å². The molecular weight excluding hydrogens is 464 g/mol. The molecule has 0 radical (unpaired) electrons. The number of nitrogen functional groups attached to an aromatic ring is 1. The molecule has 0 spiro atoms. The Labute approximate surface area is 207 Å². The van der Waals surface area contributed by atoms with E-state index in [9.17, 15) is 4.79 Å². The average Bonchev–Trinajstić information content (AvgIpc) is 3.46. The Morgan fingerprint density at radius 2 is 2.03 bits per heavy atom. The number of fused-ring (bicyclic) bond motifs is 1. The van der Waals surface area contributed by atoms with Gasteiger partial charge in [-0.15, -0.1) is 0 Å². The van der Waals surface area contributed by atoms with Crippen molar-refractivity contribution in [3.05, 3.63) is 88.7 Å². The molecule has 0 aliphatic carbocycles. The molecule has 1 unspecified atom stereocenters. The van der Waals surface area contributed by atoms with Crippen molar-refractivity contribution in [2.45, 2.75) is 19.4 Å². The highest BCUT2D eigenvalue weighted by atomic mass is 35.5. The molecule has 0 saturated heterocycles. The number of carbonyl (C=O) groups is 1. The zero-order valence-corrected chi connectivity index (χ0v) is 19.8. The third-order valence-corrected chi connectivity index (χ3v) is 6.06. The van der Waals surface area contributed by atoms with Gasteiger partial charge in [0.2, 0.25) is 5.91 Å². The number of anilines is 1. The maximum Gasteiger partial charge on any atom is 0.244 e. The number of pyridine rings is 1. The summed E-state index contributed by atoms with van der Waals surface area (Å²) in [6, 6.07) is 17.3. The molecule has 3 N–H and O–H groups in total. The van der Waals surface area contributed by atoms with Crippen molar-refractivity contribution < 1.29 is 14.1 Å². The average molecular weight is 487 g/mol. The van der Waals surface area contributed by atoms with Gasteiger partial charge in [-0.3, -0.25) is 4.79 Å². The van der Waals surface area contributed by atoms with Crippen molar-refractivity contribution in [2.75, 3.05) is 12.3 Å². The minimum Gasteiger partial charge on any atom is -0.486 e. The Hall–Kier alpha value is -4.10. The van der Waals surface area contributed by atoms with E-state index in [2.05, 4.69) is 21.5 Å². The number of ether oxygens (including phenoxy) is 1. The number of hydrogen-bond acceptors (Lipinski definition) is 6. The van der Waals surface area contributed by atoms with Gasteiger partial charge < -0.3 is 20.3 Å². The van der Waals surface area contributed by atoms with Crippen LogP contribution in [-0.2, 0) is 11.2 Å². The molecule has 176 valence electrons. The number of aromatic nitrogens is 2. The summed E-state index contributed by atoms with van der Waals surface area (Å²) in [5.41, 5.74) is 10.9. The maximum absolute atomic E-state index is 12.3. The minimum atomic E-state index is -0.222. The van der Waals surface area contributed by atoms with Crippen molar-refractivity contribution in [3.8, 4) is 28.2 Å². The van der Waals surface area contributed by atoms with Gasteiger partial charge >= 0.3 is 0 Å². The zero-order chi connectivity index (χ0) is 24.4. The lowest BCUT2D eigenvalue weighted by atomic mass is 9.97. The number of nitrogens with zero attached hydrogens (tertiary/aromatic N) is 2. The van der Waals surface area contributed by atoms with Gasteiger partial charge in [0.1, 0.15) is 17.7 Å². The molecule has 4 aromatic rings. The molecule has 8 heteroatoms. The van der Waals surface area contributed by atoms with Crippen LogP contribution in [0.3, 0.4) is 0 Å². The van der Waals surface area contributed by atoms with E-state index in [0.717, 1.165) is 33.5 Å². The molecular formula is C27H23ClN4O3. The maximum atomic E-state index is 12.3. The van der Waals surface area contributed by atoms with E-state index in [1.165, 1.54) is 6.08 Å². The fourth-order valence-electron chi connectivity index (χ4n) is 4.10. The molecule has 3 heterocycles. The number of benzene rings is 2. The monoisotopic (exact) mass is 486 g/mol. The normalized spacial score (nSPS) is 14.6. The number of hydrogen-bond donors (Lipinski definition) is 2. The summed E-state index contributed by atoms with van der Waals surface area (Å²) in [6.45, 7) is 2.26. The number of nitrogens with one attached hydrogen (secondary N) is 1. The van der Waals surface area contributed by atoms with Crippen LogP contribution in [0.2, 0.25) is 5.02 Å². The molecule has 1 amide bonds. The van der Waals surface area contributed by atoms with E-state index in [0.29, 0.717) is 35.3 Å². The van der Waals surface area contributed by atoms with Gasteiger partial charge in [-0.2, -0.15) is 0 Å². The van der Waals surface area contributed by atoms with Crippen molar-refractivity contribution in [2.24, 2.45) is 0 Å². The topological polar surface area (TPSA) is 103 Å². The fourth-order valence-corrected chi connectivity index (χ4v) is 4.39. The van der Waals surface area contributed by atoms with Crippen molar-refractivity contribution >= 4 is 29.4 Å². The van der Waals surface area contributed by atoms with Gasteiger partial charge in [0.25, 0.3) is 0 Å². The van der Waals surface area contributed by atoms with Crippen LogP contribution >= 0.6 is 11.6 Å². The Balaban J connectivity index is 1.29. The van der Waals surface area contributed by atoms with Crippen LogP contribution in [0.25, 0.3) is 28.5 Å². The van der Waals surface area contributed by atoms with E-state index < -0.39 is 0 Å². The molecule has 7 nitrogen and oxygen atoms in total. The third-order valence-electron chi connectivity index (χ3n) is 5.78. The summed E-state index contributed by atoms with van der Waals surface area (Å²) in [5, 5.41) is 7.58. The molecule has 2 aromatic carbocycles. The zero-order valence-electron chi connectivity index (χ0n) is 19.0. The lowest BCUT2D eigenvalue weighted by Gasteiger charge is -2.11. The number of nitrogens with two attached hydrogens (primary N) is 1. The molecule has 5 rings (SSSR count). The van der Waals surface area contributed by atoms with Gasteiger partial charge in [-0.1, -0.05) is 47.1 Å². The van der Waals surface area contributed by atoms with Crippen LogP contribution in [0.1, 0.15) is 16.8 Å². The van der Waals surface area contributed by atoms with Crippen LogP contribution in [-0.4, -0.2) is 28.7 Å². The van der Waals surface area contributed by atoms with E-state index in [4.69, 9.17) is 26.6 Å². The van der Waals surface area contributed by atoms with Crippen LogP contribution in [0.4, 0.5) is 5.82 Å². The summed E-state index contributed by atoms with van der Waals surface area (Å²) in [7, 11) is 0. The predicted octanol–water partition coefficient (Wildman–Crippen LogP) is 5.08. The van der Waals surface area contributed by atoms with Gasteiger partial charge in [-0.25, -0.2) is 4.98 Å². The minimum absolute atomic E-state index is 0.217. The first kappa shape index (κ1) is 22.7. The molecule has 2 aromatic heterocycles. The predicted molar refractivity (Wildman–Crippen MR) is 136 cm³/mol. The summed E-state index contributed by atoms with van der Waals surface area (Å²) >= 11 is 6.61. The Morgan fingerprint density at radius 1 is 1.20 bits per heavy atom. The summed E-state index contributed by atoms with van der Waals surface area (Å²) in [6.07, 6.45) is 5.15. The summed E-state index contributed by atoms with van der Waals surface area (Å²) in [5.74, 6) is 1.56. The number of aryl methyl sites for hydroxylation is 1. The first-order valence-electron chi connectivity index (χ1n) is 11.2. The highest BCUT2D eigenvalue weighted by Gasteiger charge is 2.28. The Bertz CT molecular complexity index is 1400. The van der Waals surface area contributed by atoms with Crippen LogP contribution in [0.15, 0.2) is 71.4 Å². The highest BCUT2D eigenvalue weighted by molar-refractivity contribution is 6.32. The number of rotatable bonds is 6. The molecule has 1 aliphatic rings. The first-order chi connectivity index (χ1) is 17.0. The van der Waals surface area contributed by atoms with Crippen molar-refractivity contribution in [3.63, 3.8) is 0 Å². The third kappa shape index (κ3) is 4.90. The second kappa shape index (κ2) is 9.64. The SMILES string of the molecule is Cc1noc(-c2ccccc2)c1-c1cc(Cl)c2c(c1)CC(CNC(=O)/C=C/c1ccc(N)nc1)O2. The first-order valence-corrected chi connectivity index (χ1v) is 11.5. The van der Waals surface area contributed by atoms with Gasteiger partial charge in [-0.05, 0) is 48.4 Å². The van der Waals surface area contributed by atoms with E-state index in [1.54, 1.807) is 24.4 Å². The Kier molecular flexibility index (Phi) is 6.25. The summed E-state index contributed by atoms with van der Waals surface area (Å²) < 4.78 is 11.7. The molecule has 35 heavy (non-hydrogen) atoms. The fraction of sp³-hybridized carbons (Fsp3) is 0.148. The van der Waals surface area contributed by atoms with Gasteiger partial charge in [0.15, 0.2) is 5.76 Å². The van der Waals surface area contributed by atoms with Gasteiger partial charge in [0, 0.05) is 29.8 Å². The smallest absolute Gasteiger partial charge is 0.244 e. The molecule has 0 saturated carbocycles. The van der Waals surface area contributed by atoms with E-state index in [1.807, 2.05) is 43.3 Å². The lowest BCUT2D eigenvalue weighted by molar-refractivity contribution is -0.116. The van der Waals surface area contributed by atoms with Crippen molar-refractivity contribution in [1.29, 1.82) is 0 Å². The van der Waals surface area contributed by atoms with Crippen molar-refractivity contribution in [1.82, 2.24) is 15.5 Å². The van der Waals surface area contributed by atoms with Crippen LogP contribution < -0.4 is 15.8 Å². The Morgan fingerprint density at radius 3 is 2.80 bits per heavy atom. The number of amides is 1. The lowest BCUT2D eigenvalue weighted by Crippen LogP contribution is -2.33. The quantitative estimate of drug-likeness (QED) is 0.368. The van der Waals surface area contributed by atoms with E-state index >= 15 is 0 Å². The second-order valence-corrected chi connectivity index (χ2v) is 8.73. The van der Waals surface area contributed by atoms with Gasteiger partial charge in [0.05, 0.1) is 22.8 Å². The second-order valence-electron chi connectivity index (χ2n) is 8.32. The molecule has 1 aliphatic heterocycles. The largest absolute Gasteiger partial charge is 0.486 e. The molecule has 0 fully saturated rings.